The van der Waals surface area contributed by atoms with Gasteiger partial charge in [-0.3, -0.25) is 0 Å². The van der Waals surface area contributed by atoms with Gasteiger partial charge in [0.15, 0.2) is 0 Å². The molecule has 0 fully saturated rings. The third kappa shape index (κ3) is 6.16. The molecule has 0 atom stereocenters. The molecule has 12 nitrogen and oxygen atoms in total. The first-order valence-corrected chi connectivity index (χ1v) is 24.5. The molecule has 3 rings (SSSR count). The number of nitrogens with zero attached hydrogens (tertiary/aromatic N) is 3. The SMILES string of the molecule is O=[N+]([O-])c1cccc([SiH2][V](=[O])(=[O])([OH])([SiH2]c2cccc([N+](=O)[O-])c2)[SiH2]c2cccc([N+](=O)[O-])c2)c1. The van der Waals surface area contributed by atoms with E-state index in [-0.39, 0.29) is 32.6 Å². The molecule has 177 valence electrons. The zero-order chi connectivity index (χ0) is 25.2. The summed E-state index contributed by atoms with van der Waals surface area (Å²) in [5.41, 5.74) is -0.974. The maximum atomic E-state index is 14.5. The van der Waals surface area contributed by atoms with Crippen LogP contribution in [0.25, 0.3) is 0 Å². The Morgan fingerprint density at radius 2 is 0.853 bits per heavy atom. The van der Waals surface area contributed by atoms with Crippen molar-refractivity contribution in [1.82, 2.24) is 0 Å². The monoisotopic (exact) mass is 556 g/mol. The molecule has 0 radical (unpaired) electrons. The zero-order valence-corrected chi connectivity index (χ0v) is 23.2. The topological polar surface area (TPSA) is 184 Å². The second-order valence-electron chi connectivity index (χ2n) is 8.36. The zero-order valence-electron chi connectivity index (χ0n) is 17.6. The molecule has 3 aromatic carbocycles. The van der Waals surface area contributed by atoms with E-state index in [1.807, 2.05) is 0 Å². The molecule has 16 heteroatoms. The molecule has 0 unspecified atom stereocenters. The standard InChI is InChI=1S/3C6H6NO2Si.H2O.2O.V/c3*8-7(9)5-2-1-3-6(10)4-5;;;;/h3*1-4H,10H2;1H2;;;/q;;;;;;+1/p-1. The number of rotatable bonds is 9. The molecule has 0 bridgehead atoms. The van der Waals surface area contributed by atoms with Crippen molar-refractivity contribution in [2.24, 2.45) is 0 Å². The van der Waals surface area contributed by atoms with E-state index in [1.165, 1.54) is 54.6 Å². The van der Waals surface area contributed by atoms with Crippen LogP contribution in [0.1, 0.15) is 0 Å². The number of benzene rings is 3. The van der Waals surface area contributed by atoms with Gasteiger partial charge in [-0.2, -0.15) is 0 Å². The van der Waals surface area contributed by atoms with Gasteiger partial charge in [-0.25, -0.2) is 0 Å². The van der Waals surface area contributed by atoms with Gasteiger partial charge in [0, 0.05) is 0 Å². The van der Waals surface area contributed by atoms with Gasteiger partial charge < -0.3 is 0 Å². The molecular formula is C18H19N3O9Si3V. The van der Waals surface area contributed by atoms with Crippen LogP contribution in [0.2, 0.25) is 0 Å². The fraction of sp³-hybridized carbons (Fsp3) is 0. The molecule has 0 saturated heterocycles. The molecular weight excluding hydrogens is 537 g/mol. The predicted octanol–water partition coefficient (Wildman–Crippen LogP) is -1.24. The van der Waals surface area contributed by atoms with Crippen molar-refractivity contribution in [3.63, 3.8) is 0 Å². The number of nitro groups is 3. The summed E-state index contributed by atoms with van der Waals surface area (Å²) in [7, 11) is -15.0. The van der Waals surface area contributed by atoms with E-state index in [0.29, 0.717) is 0 Å². The Bertz CT molecular complexity index is 1350. The van der Waals surface area contributed by atoms with E-state index in [0.717, 1.165) is 18.2 Å². The quantitative estimate of drug-likeness (QED) is 0.191. The Balaban J connectivity index is 2.17. The summed E-state index contributed by atoms with van der Waals surface area (Å²) in [4.78, 5) is 31.5. The van der Waals surface area contributed by atoms with Crippen molar-refractivity contribution in [3.8, 4) is 0 Å². The second-order valence-corrected chi connectivity index (χ2v) is 54.8. The summed E-state index contributed by atoms with van der Waals surface area (Å²) < 4.78 is 40.7. The summed E-state index contributed by atoms with van der Waals surface area (Å²) in [6, 6.07) is 15.1. The fourth-order valence-electron chi connectivity index (χ4n) is 3.94. The van der Waals surface area contributed by atoms with Crippen LogP contribution in [0, 0.1) is 30.3 Å². The summed E-state index contributed by atoms with van der Waals surface area (Å²) >= 11 is 0. The molecule has 34 heavy (non-hydrogen) atoms. The van der Waals surface area contributed by atoms with E-state index >= 15 is 0 Å². The molecule has 0 saturated carbocycles. The van der Waals surface area contributed by atoms with E-state index in [2.05, 4.69) is 0 Å². The van der Waals surface area contributed by atoms with Gasteiger partial charge in [0.05, 0.1) is 0 Å². The van der Waals surface area contributed by atoms with Crippen molar-refractivity contribution in [3.05, 3.63) is 103 Å². The molecule has 0 spiro atoms. The molecule has 3 aromatic rings. The van der Waals surface area contributed by atoms with Gasteiger partial charge in [0.1, 0.15) is 0 Å². The van der Waals surface area contributed by atoms with E-state index < -0.39 is 48.4 Å². The second kappa shape index (κ2) is 8.46. The first kappa shape index (κ1) is 25.3. The Morgan fingerprint density at radius 1 is 0.588 bits per heavy atom. The van der Waals surface area contributed by atoms with Gasteiger partial charge in [0.2, 0.25) is 0 Å². The minimum atomic E-state index is -7.24. The Morgan fingerprint density at radius 3 is 1.09 bits per heavy atom. The molecule has 1 N–H and O–H groups in total. The van der Waals surface area contributed by atoms with Crippen LogP contribution >= 0.6 is 0 Å². The van der Waals surface area contributed by atoms with Crippen LogP contribution in [0.15, 0.2) is 72.8 Å². The van der Waals surface area contributed by atoms with Crippen molar-refractivity contribution in [2.45, 2.75) is 0 Å². The van der Waals surface area contributed by atoms with Gasteiger partial charge in [-0.1, -0.05) is 0 Å². The summed E-state index contributed by atoms with van der Waals surface area (Å²) in [5.74, 6) is 0. The molecule has 0 aliphatic heterocycles. The van der Waals surface area contributed by atoms with Crippen LogP contribution in [0.3, 0.4) is 0 Å². The molecule has 0 heterocycles. The Labute approximate surface area is 195 Å². The first-order chi connectivity index (χ1) is 15.7. The van der Waals surface area contributed by atoms with Crippen LogP contribution in [0.4, 0.5) is 17.1 Å². The first-order valence-electron chi connectivity index (χ1n) is 9.80. The van der Waals surface area contributed by atoms with Crippen LogP contribution in [-0.4, -0.2) is 42.5 Å². The number of hydrogen-bond donors (Lipinski definition) is 1. The third-order valence-electron chi connectivity index (χ3n) is 5.18. The number of non-ortho nitro benzene ring substituents is 3. The molecule has 0 aliphatic carbocycles. The van der Waals surface area contributed by atoms with Crippen LogP contribution in [0.5, 0.6) is 0 Å². The predicted molar refractivity (Wildman–Crippen MR) is 127 cm³/mol. The normalized spacial score (nSPS) is 14.5. The van der Waals surface area contributed by atoms with Crippen molar-refractivity contribution < 1.29 is 36.1 Å². The van der Waals surface area contributed by atoms with Gasteiger partial charge >= 0.3 is 196 Å². The molecule has 0 amide bonds. The van der Waals surface area contributed by atoms with E-state index in [9.17, 15) is 41.7 Å². The van der Waals surface area contributed by atoms with E-state index in [4.69, 9.17) is 0 Å². The number of nitro benzene ring substituents is 3. The summed E-state index contributed by atoms with van der Waals surface area (Å²) in [5, 5.41) is 33.9. The summed E-state index contributed by atoms with van der Waals surface area (Å²) in [6.45, 7) is 0. The van der Waals surface area contributed by atoms with Crippen LogP contribution in [-0.2, 0) is 17.3 Å². The van der Waals surface area contributed by atoms with Crippen molar-refractivity contribution in [1.29, 1.82) is 0 Å². The van der Waals surface area contributed by atoms with Crippen LogP contribution < -0.4 is 15.6 Å². The summed E-state index contributed by atoms with van der Waals surface area (Å²) in [6.07, 6.45) is 0. The average molecular weight is 557 g/mol. The average Bonchev–Trinajstić information content (AvgIpc) is 2.73. The van der Waals surface area contributed by atoms with Gasteiger partial charge in [-0.15, -0.1) is 0 Å². The fourth-order valence-corrected chi connectivity index (χ4v) is 50.2. The van der Waals surface area contributed by atoms with Gasteiger partial charge in [0.25, 0.3) is 0 Å². The van der Waals surface area contributed by atoms with Crippen molar-refractivity contribution in [2.75, 3.05) is 0 Å². The molecule has 0 aromatic heterocycles. The Kier molecular flexibility index (Phi) is 6.29. The van der Waals surface area contributed by atoms with Crippen molar-refractivity contribution >= 4 is 56.3 Å². The Hall–Kier alpha value is -3.34. The third-order valence-corrected chi connectivity index (χ3v) is 43.8. The number of hydrogen-bond acceptors (Lipinski definition) is 8. The maximum absolute atomic E-state index is 14.5. The molecule has 0 aliphatic rings. The van der Waals surface area contributed by atoms with E-state index in [1.54, 1.807) is 0 Å². The minimum absolute atomic E-state index is 0.137. The van der Waals surface area contributed by atoms with Gasteiger partial charge in [-0.05, 0) is 0 Å².